The molecule has 5 rings (SSSR count). The second kappa shape index (κ2) is 8.98. The maximum Gasteiger partial charge on any atom is 0.416 e. The van der Waals surface area contributed by atoms with Gasteiger partial charge in [0.2, 0.25) is 5.95 Å². The molecular weight excluding hydrogens is 502 g/mol. The molecule has 0 radical (unpaired) electrons. The average molecular weight is 520 g/mol. The summed E-state index contributed by atoms with van der Waals surface area (Å²) in [5.74, 6) is 1.19. The van der Waals surface area contributed by atoms with Crippen LogP contribution >= 0.6 is 0 Å². The molecule has 3 heterocycles. The van der Waals surface area contributed by atoms with Crippen molar-refractivity contribution in [3.05, 3.63) is 72.1 Å². The maximum absolute atomic E-state index is 12.9. The predicted octanol–water partition coefficient (Wildman–Crippen LogP) is 5.80. The van der Waals surface area contributed by atoms with Gasteiger partial charge in [-0.3, -0.25) is 9.98 Å². The van der Waals surface area contributed by atoms with E-state index in [4.69, 9.17) is 4.74 Å². The maximum atomic E-state index is 12.9. The Morgan fingerprint density at radius 2 is 1.70 bits per heavy atom. The number of rotatable bonds is 5. The minimum absolute atomic E-state index is 0.0342. The summed E-state index contributed by atoms with van der Waals surface area (Å²) in [6.45, 7) is -0.426. The number of aromatic nitrogens is 3. The van der Waals surface area contributed by atoms with E-state index in [1.165, 1.54) is 24.4 Å². The van der Waals surface area contributed by atoms with Gasteiger partial charge in [0.1, 0.15) is 29.1 Å². The Morgan fingerprint density at radius 1 is 0.973 bits per heavy atom. The smallest absolute Gasteiger partial charge is 0.416 e. The van der Waals surface area contributed by atoms with E-state index < -0.39 is 30.5 Å². The van der Waals surface area contributed by atoms with Crippen LogP contribution < -0.4 is 15.4 Å². The second-order valence-corrected chi connectivity index (χ2v) is 8.25. The van der Waals surface area contributed by atoms with E-state index in [0.717, 1.165) is 17.6 Å². The topological polar surface area (TPSA) is 76.4 Å². The number of pyridine rings is 1. The molecule has 0 saturated heterocycles. The third kappa shape index (κ3) is 5.15. The summed E-state index contributed by atoms with van der Waals surface area (Å²) in [6, 6.07) is 11.0. The summed E-state index contributed by atoms with van der Waals surface area (Å²) in [7, 11) is 1.75. The number of anilines is 2. The normalized spacial score (nSPS) is 16.0. The highest BCUT2D eigenvalue weighted by atomic mass is 19.4. The van der Waals surface area contributed by atoms with Crippen molar-refractivity contribution in [2.24, 2.45) is 12.0 Å². The van der Waals surface area contributed by atoms with Crippen molar-refractivity contribution >= 4 is 28.5 Å². The zero-order valence-corrected chi connectivity index (χ0v) is 19.0. The molecule has 4 aromatic rings. The van der Waals surface area contributed by atoms with Gasteiger partial charge in [-0.15, -0.1) is 0 Å². The van der Waals surface area contributed by atoms with Crippen LogP contribution in [-0.4, -0.2) is 39.1 Å². The Hall–Kier alpha value is -4.29. The van der Waals surface area contributed by atoms with Crippen LogP contribution in [0, 0.1) is 0 Å². The highest BCUT2D eigenvalue weighted by Gasteiger charge is 2.42. The summed E-state index contributed by atoms with van der Waals surface area (Å²) in [6.07, 6.45) is -7.44. The lowest BCUT2D eigenvalue weighted by Crippen LogP contribution is -2.42. The third-order valence-electron chi connectivity index (χ3n) is 5.67. The number of amidine groups is 1. The molecule has 13 heteroatoms. The van der Waals surface area contributed by atoms with Gasteiger partial charge < -0.3 is 19.9 Å². The fraction of sp³-hybridized carbons (Fsp3) is 0.208. The first-order valence-electron chi connectivity index (χ1n) is 10.9. The minimum atomic E-state index is -4.42. The lowest BCUT2D eigenvalue weighted by molar-refractivity contribution is -0.147. The number of imidazole rings is 1. The van der Waals surface area contributed by atoms with E-state index >= 15 is 0 Å². The molecule has 192 valence electrons. The first-order valence-corrected chi connectivity index (χ1v) is 10.9. The summed E-state index contributed by atoms with van der Waals surface area (Å²) >= 11 is 0. The SMILES string of the molecule is Cn1c(Nc2ccc(C(F)(F)F)cc2)nc2cc(Oc3ccnc(C4=NCC(C(F)(F)F)N4)c3)ccc21. The first kappa shape index (κ1) is 24.4. The van der Waals surface area contributed by atoms with E-state index in [1.807, 2.05) is 0 Å². The van der Waals surface area contributed by atoms with Gasteiger partial charge in [0.05, 0.1) is 23.1 Å². The summed E-state index contributed by atoms with van der Waals surface area (Å²) in [4.78, 5) is 12.5. The molecule has 1 unspecified atom stereocenters. The van der Waals surface area contributed by atoms with Gasteiger partial charge in [-0.2, -0.15) is 26.3 Å². The van der Waals surface area contributed by atoms with E-state index in [1.54, 1.807) is 35.9 Å². The van der Waals surface area contributed by atoms with Crippen molar-refractivity contribution in [3.63, 3.8) is 0 Å². The van der Waals surface area contributed by atoms with E-state index in [-0.39, 0.29) is 11.5 Å². The quantitative estimate of drug-likeness (QED) is 0.325. The van der Waals surface area contributed by atoms with E-state index in [9.17, 15) is 26.3 Å². The second-order valence-electron chi connectivity index (χ2n) is 8.25. The van der Waals surface area contributed by atoms with Crippen LogP contribution in [0.2, 0.25) is 0 Å². The van der Waals surface area contributed by atoms with Crippen molar-refractivity contribution in [1.82, 2.24) is 19.9 Å². The van der Waals surface area contributed by atoms with Crippen LogP contribution in [0.15, 0.2) is 65.8 Å². The van der Waals surface area contributed by atoms with Crippen LogP contribution in [0.3, 0.4) is 0 Å². The molecule has 1 aliphatic rings. The molecule has 1 atom stereocenters. The van der Waals surface area contributed by atoms with Gasteiger partial charge in [-0.05, 0) is 42.5 Å². The van der Waals surface area contributed by atoms with Gasteiger partial charge in [-0.1, -0.05) is 0 Å². The Kier molecular flexibility index (Phi) is 5.92. The number of hydrogen-bond acceptors (Lipinski definition) is 6. The number of halogens is 6. The fourth-order valence-corrected chi connectivity index (χ4v) is 3.75. The number of hydrogen-bond donors (Lipinski definition) is 2. The summed E-state index contributed by atoms with van der Waals surface area (Å²) in [5, 5.41) is 5.33. The predicted molar refractivity (Wildman–Crippen MR) is 124 cm³/mol. The molecule has 1 aliphatic heterocycles. The van der Waals surface area contributed by atoms with Crippen LogP contribution in [0.25, 0.3) is 11.0 Å². The zero-order chi connectivity index (χ0) is 26.4. The van der Waals surface area contributed by atoms with Crippen molar-refractivity contribution in [2.75, 3.05) is 11.9 Å². The molecule has 0 saturated carbocycles. The molecule has 0 aliphatic carbocycles. The third-order valence-corrected chi connectivity index (χ3v) is 5.67. The van der Waals surface area contributed by atoms with Gasteiger partial charge in [0.25, 0.3) is 0 Å². The number of ether oxygens (including phenoxy) is 1. The Labute approximate surface area is 205 Å². The molecule has 2 aromatic heterocycles. The number of aryl methyl sites for hydroxylation is 1. The molecule has 0 bridgehead atoms. The zero-order valence-electron chi connectivity index (χ0n) is 19.0. The lowest BCUT2D eigenvalue weighted by atomic mass is 10.2. The molecule has 2 N–H and O–H groups in total. The van der Waals surface area contributed by atoms with Crippen molar-refractivity contribution in [3.8, 4) is 11.5 Å². The molecule has 7 nitrogen and oxygen atoms in total. The van der Waals surface area contributed by atoms with E-state index in [2.05, 4.69) is 25.6 Å². The van der Waals surface area contributed by atoms with Crippen molar-refractivity contribution in [1.29, 1.82) is 0 Å². The van der Waals surface area contributed by atoms with Gasteiger partial charge in [0.15, 0.2) is 0 Å². The summed E-state index contributed by atoms with van der Waals surface area (Å²) < 4.78 is 84.8. The van der Waals surface area contributed by atoms with Crippen LogP contribution in [0.5, 0.6) is 11.5 Å². The van der Waals surface area contributed by atoms with Crippen molar-refractivity contribution in [2.45, 2.75) is 18.4 Å². The molecular formula is C24H18F6N6O. The standard InChI is InChI=1S/C24H18F6N6O/c1-36-19-7-6-15(10-17(19)34-22(36)33-14-4-2-13(3-5-14)23(25,26)27)37-16-8-9-31-18(11-16)21-32-12-20(35-21)24(28,29)30/h2-11,20H,12H2,1H3,(H,32,35)(H,33,34). The van der Waals surface area contributed by atoms with E-state index in [0.29, 0.717) is 28.7 Å². The highest BCUT2D eigenvalue weighted by Crippen LogP contribution is 2.32. The Balaban J connectivity index is 1.32. The Bertz CT molecular complexity index is 1480. The van der Waals surface area contributed by atoms with Crippen LogP contribution in [0.4, 0.5) is 38.0 Å². The monoisotopic (exact) mass is 520 g/mol. The van der Waals surface area contributed by atoms with Gasteiger partial charge >= 0.3 is 12.4 Å². The average Bonchev–Trinajstić information content (AvgIpc) is 3.45. The number of nitrogens with zero attached hydrogens (tertiary/aromatic N) is 4. The summed E-state index contributed by atoms with van der Waals surface area (Å²) in [5.41, 5.74) is 1.19. The van der Waals surface area contributed by atoms with Crippen LogP contribution in [0.1, 0.15) is 11.3 Å². The first-order chi connectivity index (χ1) is 17.5. The largest absolute Gasteiger partial charge is 0.457 e. The molecule has 2 aromatic carbocycles. The molecule has 0 amide bonds. The molecule has 0 spiro atoms. The van der Waals surface area contributed by atoms with Gasteiger partial charge in [-0.25, -0.2) is 4.98 Å². The highest BCUT2D eigenvalue weighted by molar-refractivity contribution is 5.98. The number of benzene rings is 2. The molecule has 37 heavy (non-hydrogen) atoms. The number of fused-ring (bicyclic) bond motifs is 1. The fourth-order valence-electron chi connectivity index (χ4n) is 3.75. The molecule has 0 fully saturated rings. The van der Waals surface area contributed by atoms with Crippen molar-refractivity contribution < 1.29 is 31.1 Å². The number of nitrogens with one attached hydrogen (secondary N) is 2. The number of aliphatic imine (C=N–C) groups is 1. The minimum Gasteiger partial charge on any atom is -0.457 e. The Morgan fingerprint density at radius 3 is 2.38 bits per heavy atom. The lowest BCUT2D eigenvalue weighted by Gasteiger charge is -2.15. The van der Waals surface area contributed by atoms with Crippen LogP contribution in [-0.2, 0) is 13.2 Å². The van der Waals surface area contributed by atoms with Gasteiger partial charge in [0, 0.05) is 31.1 Å². The number of alkyl halides is 6.